The molecule has 0 amide bonds. The zero-order chi connectivity index (χ0) is 12.1. The number of rotatable bonds is 4. The Kier molecular flexibility index (Phi) is 4.29. The van der Waals surface area contributed by atoms with Crippen LogP contribution in [0.25, 0.3) is 6.08 Å². The van der Waals surface area contributed by atoms with E-state index in [9.17, 15) is 4.79 Å². The van der Waals surface area contributed by atoms with E-state index in [1.54, 1.807) is 6.08 Å². The third-order valence-electron chi connectivity index (χ3n) is 2.22. The third-order valence-corrected chi connectivity index (χ3v) is 2.22. The molecule has 0 aromatic heterocycles. The molecular formula is C14H18O2. The maximum Gasteiger partial charge on any atom is 0.328 e. The van der Waals surface area contributed by atoms with Gasteiger partial charge in [-0.25, -0.2) is 4.79 Å². The standard InChI is InChI=1S/C14H18O2/c1-10(2)6-13-8-11(3)7-12(9-13)4-5-14(15)16/h4-5,7-10H,6H2,1-3H3,(H,15,16). The van der Waals surface area contributed by atoms with E-state index in [0.29, 0.717) is 5.92 Å². The van der Waals surface area contributed by atoms with E-state index in [4.69, 9.17) is 5.11 Å². The van der Waals surface area contributed by atoms with Crippen LogP contribution in [0.4, 0.5) is 0 Å². The first-order chi connectivity index (χ1) is 7.47. The Hall–Kier alpha value is -1.57. The second kappa shape index (κ2) is 5.50. The molecule has 16 heavy (non-hydrogen) atoms. The molecule has 2 heteroatoms. The van der Waals surface area contributed by atoms with E-state index in [0.717, 1.165) is 12.0 Å². The van der Waals surface area contributed by atoms with Gasteiger partial charge in [0.05, 0.1) is 0 Å². The Morgan fingerprint density at radius 2 is 2.06 bits per heavy atom. The van der Waals surface area contributed by atoms with Crippen LogP contribution in [0.2, 0.25) is 0 Å². The molecule has 0 heterocycles. The number of hydrogen-bond donors (Lipinski definition) is 1. The molecule has 0 spiro atoms. The second-order valence-electron chi connectivity index (χ2n) is 4.52. The molecule has 0 saturated carbocycles. The summed E-state index contributed by atoms with van der Waals surface area (Å²) in [7, 11) is 0. The lowest BCUT2D eigenvalue weighted by molar-refractivity contribution is -0.131. The predicted molar refractivity (Wildman–Crippen MR) is 66.4 cm³/mol. The van der Waals surface area contributed by atoms with Gasteiger partial charge in [-0.3, -0.25) is 0 Å². The lowest BCUT2D eigenvalue weighted by atomic mass is 9.98. The van der Waals surface area contributed by atoms with Crippen molar-refractivity contribution in [3.05, 3.63) is 41.0 Å². The third kappa shape index (κ3) is 4.30. The van der Waals surface area contributed by atoms with Crippen LogP contribution in [0.3, 0.4) is 0 Å². The summed E-state index contributed by atoms with van der Waals surface area (Å²) in [6.45, 7) is 6.38. The number of carboxylic acids is 1. The van der Waals surface area contributed by atoms with Crippen molar-refractivity contribution in [2.75, 3.05) is 0 Å². The minimum absolute atomic E-state index is 0.609. The van der Waals surface area contributed by atoms with E-state index in [-0.39, 0.29) is 0 Å². The molecule has 0 aliphatic heterocycles. The quantitative estimate of drug-likeness (QED) is 0.787. The van der Waals surface area contributed by atoms with Crippen LogP contribution in [0.1, 0.15) is 30.5 Å². The molecule has 1 aromatic rings. The fourth-order valence-electron chi connectivity index (χ4n) is 1.75. The van der Waals surface area contributed by atoms with Gasteiger partial charge in [0.1, 0.15) is 0 Å². The number of benzene rings is 1. The van der Waals surface area contributed by atoms with Gasteiger partial charge in [-0.1, -0.05) is 37.6 Å². The minimum atomic E-state index is -0.910. The molecule has 1 rings (SSSR count). The highest BCUT2D eigenvalue weighted by Crippen LogP contribution is 2.14. The average Bonchev–Trinajstić information content (AvgIpc) is 2.12. The van der Waals surface area contributed by atoms with E-state index in [2.05, 4.69) is 19.9 Å². The second-order valence-corrected chi connectivity index (χ2v) is 4.52. The van der Waals surface area contributed by atoms with E-state index in [1.807, 2.05) is 19.1 Å². The highest BCUT2D eigenvalue weighted by atomic mass is 16.4. The van der Waals surface area contributed by atoms with Crippen LogP contribution in [-0.2, 0) is 11.2 Å². The fourth-order valence-corrected chi connectivity index (χ4v) is 1.75. The number of aryl methyl sites for hydroxylation is 1. The van der Waals surface area contributed by atoms with Crippen molar-refractivity contribution >= 4 is 12.0 Å². The van der Waals surface area contributed by atoms with Gasteiger partial charge in [0.2, 0.25) is 0 Å². The van der Waals surface area contributed by atoms with E-state index in [1.165, 1.54) is 17.2 Å². The number of aliphatic carboxylic acids is 1. The minimum Gasteiger partial charge on any atom is -0.478 e. The summed E-state index contributed by atoms with van der Waals surface area (Å²) in [6.07, 6.45) is 3.84. The van der Waals surface area contributed by atoms with Crippen LogP contribution in [-0.4, -0.2) is 11.1 Å². The van der Waals surface area contributed by atoms with Crippen molar-refractivity contribution in [3.63, 3.8) is 0 Å². The maximum absolute atomic E-state index is 10.4. The summed E-state index contributed by atoms with van der Waals surface area (Å²) in [5.41, 5.74) is 3.39. The van der Waals surface area contributed by atoms with Crippen molar-refractivity contribution in [3.8, 4) is 0 Å². The number of carboxylic acid groups (broad SMARTS) is 1. The monoisotopic (exact) mass is 218 g/mol. The summed E-state index contributed by atoms with van der Waals surface area (Å²) in [5.74, 6) is -0.301. The van der Waals surface area contributed by atoms with Gasteiger partial charge in [0.25, 0.3) is 0 Å². The SMILES string of the molecule is Cc1cc(C=CC(=O)O)cc(CC(C)C)c1. The molecule has 0 radical (unpaired) electrons. The molecular weight excluding hydrogens is 200 g/mol. The summed E-state index contributed by atoms with van der Waals surface area (Å²) in [4.78, 5) is 10.4. The van der Waals surface area contributed by atoms with Crippen LogP contribution < -0.4 is 0 Å². The van der Waals surface area contributed by atoms with Crippen LogP contribution in [0.5, 0.6) is 0 Å². The highest BCUT2D eigenvalue weighted by Gasteiger charge is 2.00. The van der Waals surface area contributed by atoms with Gasteiger partial charge in [-0.15, -0.1) is 0 Å². The summed E-state index contributed by atoms with van der Waals surface area (Å²) < 4.78 is 0. The Morgan fingerprint density at radius 3 is 2.62 bits per heavy atom. The van der Waals surface area contributed by atoms with E-state index < -0.39 is 5.97 Å². The van der Waals surface area contributed by atoms with Crippen molar-refractivity contribution < 1.29 is 9.90 Å². The largest absolute Gasteiger partial charge is 0.478 e. The maximum atomic E-state index is 10.4. The zero-order valence-corrected chi connectivity index (χ0v) is 10.0. The molecule has 0 aliphatic rings. The summed E-state index contributed by atoms with van der Waals surface area (Å²) >= 11 is 0. The summed E-state index contributed by atoms with van der Waals surface area (Å²) in [5, 5.41) is 8.57. The Bertz CT molecular complexity index is 403. The highest BCUT2D eigenvalue weighted by molar-refractivity contribution is 5.85. The van der Waals surface area contributed by atoms with Crippen LogP contribution in [0.15, 0.2) is 24.3 Å². The first-order valence-corrected chi connectivity index (χ1v) is 5.49. The van der Waals surface area contributed by atoms with Gasteiger partial charge < -0.3 is 5.11 Å². The van der Waals surface area contributed by atoms with Gasteiger partial charge in [-0.05, 0) is 36.5 Å². The molecule has 1 N–H and O–H groups in total. The van der Waals surface area contributed by atoms with E-state index >= 15 is 0 Å². The van der Waals surface area contributed by atoms with Crippen LogP contribution in [0, 0.1) is 12.8 Å². The topological polar surface area (TPSA) is 37.3 Å². The molecule has 2 nitrogen and oxygen atoms in total. The van der Waals surface area contributed by atoms with Gasteiger partial charge in [0, 0.05) is 6.08 Å². The lowest BCUT2D eigenvalue weighted by Crippen LogP contribution is -1.95. The molecule has 0 fully saturated rings. The molecule has 0 atom stereocenters. The molecule has 1 aromatic carbocycles. The van der Waals surface area contributed by atoms with Crippen molar-refractivity contribution in [1.82, 2.24) is 0 Å². The van der Waals surface area contributed by atoms with Gasteiger partial charge >= 0.3 is 5.97 Å². The number of carbonyl (C=O) groups is 1. The smallest absolute Gasteiger partial charge is 0.328 e. The zero-order valence-electron chi connectivity index (χ0n) is 10.0. The Balaban J connectivity index is 2.93. The predicted octanol–water partition coefficient (Wildman–Crippen LogP) is 3.29. The van der Waals surface area contributed by atoms with Gasteiger partial charge in [-0.2, -0.15) is 0 Å². The molecule has 0 unspecified atom stereocenters. The molecule has 0 aliphatic carbocycles. The average molecular weight is 218 g/mol. The van der Waals surface area contributed by atoms with Crippen molar-refractivity contribution in [2.24, 2.45) is 5.92 Å². The molecule has 86 valence electrons. The number of hydrogen-bond acceptors (Lipinski definition) is 1. The van der Waals surface area contributed by atoms with Crippen LogP contribution >= 0.6 is 0 Å². The Morgan fingerprint density at radius 1 is 1.38 bits per heavy atom. The first kappa shape index (κ1) is 12.5. The van der Waals surface area contributed by atoms with Crippen molar-refractivity contribution in [2.45, 2.75) is 27.2 Å². The normalized spacial score (nSPS) is 11.2. The van der Waals surface area contributed by atoms with Crippen molar-refractivity contribution in [1.29, 1.82) is 0 Å². The first-order valence-electron chi connectivity index (χ1n) is 5.49. The lowest BCUT2D eigenvalue weighted by Gasteiger charge is -2.07. The van der Waals surface area contributed by atoms with Gasteiger partial charge in [0.15, 0.2) is 0 Å². The summed E-state index contributed by atoms with van der Waals surface area (Å²) in [6, 6.07) is 6.19. The molecule has 0 saturated heterocycles. The fraction of sp³-hybridized carbons (Fsp3) is 0.357. The Labute approximate surface area is 96.6 Å². The molecule has 0 bridgehead atoms.